The molecule has 2 aromatic carbocycles. The predicted molar refractivity (Wildman–Crippen MR) is 91.1 cm³/mol. The van der Waals surface area contributed by atoms with E-state index in [4.69, 9.17) is 0 Å². The molecule has 0 atom stereocenters. The minimum absolute atomic E-state index is 0.158. The Labute approximate surface area is 138 Å². The fourth-order valence-electron chi connectivity index (χ4n) is 2.18. The van der Waals surface area contributed by atoms with E-state index in [-0.39, 0.29) is 5.56 Å². The molecule has 1 heterocycles. The molecule has 5 heteroatoms. The first-order chi connectivity index (χ1) is 11.0. The van der Waals surface area contributed by atoms with Crippen LogP contribution < -0.4 is 10.4 Å². The fourth-order valence-corrected chi connectivity index (χ4v) is 2.92. The van der Waals surface area contributed by atoms with Crippen LogP contribution in [0.5, 0.6) is 0 Å². The lowest BCUT2D eigenvalue weighted by Crippen LogP contribution is -2.21. The Balaban J connectivity index is 1.79. The van der Waals surface area contributed by atoms with Gasteiger partial charge in [-0.25, -0.2) is 4.98 Å². The van der Waals surface area contributed by atoms with E-state index in [0.29, 0.717) is 0 Å². The first kappa shape index (κ1) is 15.2. The molecule has 3 rings (SSSR count). The van der Waals surface area contributed by atoms with E-state index in [1.165, 1.54) is 34.6 Å². The second kappa shape index (κ2) is 6.22. The van der Waals surface area contributed by atoms with Crippen molar-refractivity contribution >= 4 is 28.1 Å². The summed E-state index contributed by atoms with van der Waals surface area (Å²) in [7, 11) is 0. The molecule has 116 valence electrons. The van der Waals surface area contributed by atoms with E-state index in [1.54, 1.807) is 12.1 Å². The molecule has 1 aromatic heterocycles. The van der Waals surface area contributed by atoms with Crippen molar-refractivity contribution < 1.29 is 9.90 Å². The van der Waals surface area contributed by atoms with Crippen LogP contribution in [0.2, 0.25) is 0 Å². The molecule has 0 aliphatic heterocycles. The van der Waals surface area contributed by atoms with Crippen molar-refractivity contribution in [3.05, 3.63) is 64.5 Å². The summed E-state index contributed by atoms with van der Waals surface area (Å²) >= 11 is 1.51. The van der Waals surface area contributed by atoms with Crippen LogP contribution in [-0.4, -0.2) is 11.0 Å². The highest BCUT2D eigenvalue weighted by atomic mass is 32.1. The number of nitrogens with zero attached hydrogens (tertiary/aromatic N) is 1. The number of hydrogen-bond donors (Lipinski definition) is 1. The second-order valence-corrected chi connectivity index (χ2v) is 6.18. The van der Waals surface area contributed by atoms with Gasteiger partial charge in [0.25, 0.3) is 0 Å². The van der Waals surface area contributed by atoms with Gasteiger partial charge in [-0.3, -0.25) is 0 Å². The average molecular weight is 323 g/mol. The Bertz CT molecular complexity index is 854. The topological polar surface area (TPSA) is 65.0 Å². The van der Waals surface area contributed by atoms with Gasteiger partial charge in [0.15, 0.2) is 5.13 Å². The molecule has 0 saturated carbocycles. The first-order valence-electron chi connectivity index (χ1n) is 7.14. The van der Waals surface area contributed by atoms with Gasteiger partial charge in [0.05, 0.1) is 11.7 Å². The van der Waals surface area contributed by atoms with E-state index in [0.717, 1.165) is 22.1 Å². The summed E-state index contributed by atoms with van der Waals surface area (Å²) in [6.45, 7) is 4.17. The van der Waals surface area contributed by atoms with Crippen LogP contribution in [0.25, 0.3) is 11.3 Å². The van der Waals surface area contributed by atoms with Crippen molar-refractivity contribution in [2.75, 3.05) is 5.32 Å². The van der Waals surface area contributed by atoms with Gasteiger partial charge in [0, 0.05) is 16.6 Å². The maximum atomic E-state index is 10.7. The monoisotopic (exact) mass is 323 g/mol. The van der Waals surface area contributed by atoms with Crippen LogP contribution in [0.1, 0.15) is 21.5 Å². The highest BCUT2D eigenvalue weighted by Gasteiger charge is 2.06. The maximum Gasteiger partial charge on any atom is 0.187 e. The van der Waals surface area contributed by atoms with Gasteiger partial charge >= 0.3 is 0 Å². The van der Waals surface area contributed by atoms with Gasteiger partial charge in [-0.15, -0.1) is 11.3 Å². The van der Waals surface area contributed by atoms with Crippen molar-refractivity contribution in [2.24, 2.45) is 0 Å². The number of benzene rings is 2. The third-order valence-electron chi connectivity index (χ3n) is 3.68. The number of aromatic nitrogens is 1. The number of thiazole rings is 1. The molecule has 0 radical (unpaired) electrons. The van der Waals surface area contributed by atoms with E-state index >= 15 is 0 Å². The molecule has 1 N–H and O–H groups in total. The van der Waals surface area contributed by atoms with E-state index in [1.807, 2.05) is 5.38 Å². The standard InChI is InChI=1S/C18H16N2O2S/c1-11-3-4-14(9-12(11)2)16-10-23-18(20-16)19-15-7-5-13(6-8-15)17(21)22/h3-10H,1-2H3,(H,19,20)(H,21,22)/p-1. The molecule has 0 fully saturated rings. The van der Waals surface area contributed by atoms with Crippen LogP contribution in [0, 0.1) is 13.8 Å². The van der Waals surface area contributed by atoms with Gasteiger partial charge in [0.2, 0.25) is 0 Å². The molecule has 0 bridgehead atoms. The minimum atomic E-state index is -1.18. The van der Waals surface area contributed by atoms with Gasteiger partial charge in [-0.2, -0.15) is 0 Å². The lowest BCUT2D eigenvalue weighted by Gasteiger charge is -2.05. The Hall–Kier alpha value is -2.66. The van der Waals surface area contributed by atoms with Crippen LogP contribution in [0.3, 0.4) is 0 Å². The lowest BCUT2D eigenvalue weighted by molar-refractivity contribution is -0.255. The number of anilines is 2. The summed E-state index contributed by atoms with van der Waals surface area (Å²) in [5, 5.41) is 16.7. The van der Waals surface area contributed by atoms with Crippen molar-refractivity contribution in [3.8, 4) is 11.3 Å². The van der Waals surface area contributed by atoms with Gasteiger partial charge < -0.3 is 15.2 Å². The van der Waals surface area contributed by atoms with E-state index in [2.05, 4.69) is 42.3 Å². The molecule has 23 heavy (non-hydrogen) atoms. The molecule has 0 unspecified atom stereocenters. The highest BCUT2D eigenvalue weighted by Crippen LogP contribution is 2.28. The van der Waals surface area contributed by atoms with Crippen molar-refractivity contribution in [2.45, 2.75) is 13.8 Å². The number of rotatable bonds is 4. The molecular weight excluding hydrogens is 308 g/mol. The first-order valence-corrected chi connectivity index (χ1v) is 8.02. The number of carboxylic acid groups (broad SMARTS) is 1. The number of aryl methyl sites for hydroxylation is 2. The van der Waals surface area contributed by atoms with E-state index < -0.39 is 5.97 Å². The van der Waals surface area contributed by atoms with Crippen LogP contribution in [0.4, 0.5) is 10.8 Å². The van der Waals surface area contributed by atoms with Crippen molar-refractivity contribution in [1.82, 2.24) is 4.98 Å². The molecule has 0 aliphatic rings. The van der Waals surface area contributed by atoms with Crippen LogP contribution in [-0.2, 0) is 0 Å². The maximum absolute atomic E-state index is 10.7. The number of aromatic carboxylic acids is 1. The number of carbonyl (C=O) groups is 1. The zero-order chi connectivity index (χ0) is 16.4. The number of carbonyl (C=O) groups excluding carboxylic acids is 1. The summed E-state index contributed by atoms with van der Waals surface area (Å²) < 4.78 is 0. The molecule has 0 spiro atoms. The van der Waals surface area contributed by atoms with Crippen molar-refractivity contribution in [1.29, 1.82) is 0 Å². The van der Waals surface area contributed by atoms with E-state index in [9.17, 15) is 9.90 Å². The second-order valence-electron chi connectivity index (χ2n) is 5.33. The SMILES string of the molecule is Cc1ccc(-c2csc(Nc3ccc(C(=O)[O-])cc3)n2)cc1C. The largest absolute Gasteiger partial charge is 0.545 e. The van der Waals surface area contributed by atoms with Gasteiger partial charge in [0.1, 0.15) is 0 Å². The zero-order valence-electron chi connectivity index (χ0n) is 12.8. The number of nitrogens with one attached hydrogen (secondary N) is 1. The Morgan fingerprint density at radius 1 is 1.09 bits per heavy atom. The third-order valence-corrected chi connectivity index (χ3v) is 4.44. The van der Waals surface area contributed by atoms with Crippen LogP contribution >= 0.6 is 11.3 Å². The minimum Gasteiger partial charge on any atom is -0.545 e. The lowest BCUT2D eigenvalue weighted by atomic mass is 10.1. The Kier molecular flexibility index (Phi) is 4.12. The fraction of sp³-hybridized carbons (Fsp3) is 0.111. The van der Waals surface area contributed by atoms with Crippen LogP contribution in [0.15, 0.2) is 47.8 Å². The summed E-state index contributed by atoms with van der Waals surface area (Å²) in [6, 6.07) is 12.7. The molecule has 0 aliphatic carbocycles. The normalized spacial score (nSPS) is 10.5. The molecule has 3 aromatic rings. The highest BCUT2D eigenvalue weighted by molar-refractivity contribution is 7.14. The Morgan fingerprint density at radius 3 is 2.48 bits per heavy atom. The summed E-state index contributed by atoms with van der Waals surface area (Å²) in [5.74, 6) is -1.18. The number of hydrogen-bond acceptors (Lipinski definition) is 5. The van der Waals surface area contributed by atoms with Gasteiger partial charge in [-0.1, -0.05) is 24.3 Å². The third kappa shape index (κ3) is 3.40. The number of carboxylic acids is 1. The quantitative estimate of drug-likeness (QED) is 0.797. The summed E-state index contributed by atoms with van der Waals surface area (Å²) in [4.78, 5) is 15.3. The Morgan fingerprint density at radius 2 is 1.83 bits per heavy atom. The summed E-state index contributed by atoms with van der Waals surface area (Å²) in [5.41, 5.74) is 5.45. The van der Waals surface area contributed by atoms with Gasteiger partial charge in [-0.05, 0) is 48.7 Å². The molecule has 0 amide bonds. The van der Waals surface area contributed by atoms with Crippen molar-refractivity contribution in [3.63, 3.8) is 0 Å². The molecule has 4 nitrogen and oxygen atoms in total. The summed E-state index contributed by atoms with van der Waals surface area (Å²) in [6.07, 6.45) is 0. The zero-order valence-corrected chi connectivity index (χ0v) is 13.6. The predicted octanol–water partition coefficient (Wildman–Crippen LogP) is 3.53. The smallest absolute Gasteiger partial charge is 0.187 e. The molecule has 0 saturated heterocycles. The molecular formula is C18H15N2O2S-. The average Bonchev–Trinajstić information content (AvgIpc) is 2.99.